The van der Waals surface area contributed by atoms with Gasteiger partial charge in [0.1, 0.15) is 11.2 Å². The van der Waals surface area contributed by atoms with Gasteiger partial charge in [-0.1, -0.05) is 12.1 Å². The fraction of sp³-hybridized carbons (Fsp3) is 0.300. The summed E-state index contributed by atoms with van der Waals surface area (Å²) in [6.45, 7) is 3.61. The summed E-state index contributed by atoms with van der Waals surface area (Å²) >= 11 is 0. The first-order valence-corrected chi connectivity index (χ1v) is 9.32. The number of nitrogens with zero attached hydrogens (tertiary/aromatic N) is 5. The predicted molar refractivity (Wildman–Crippen MR) is 108 cm³/mol. The fourth-order valence-corrected chi connectivity index (χ4v) is 3.79. The van der Waals surface area contributed by atoms with Crippen LogP contribution in [0.5, 0.6) is 0 Å². The maximum Gasteiger partial charge on any atom is 0.300 e. The largest absolute Gasteiger partial charge is 0.424 e. The lowest BCUT2D eigenvalue weighted by Gasteiger charge is -2.32. The molecule has 3 aromatic rings. The number of benzene rings is 2. The van der Waals surface area contributed by atoms with Crippen LogP contribution in [0.3, 0.4) is 0 Å². The van der Waals surface area contributed by atoms with Crippen LogP contribution in [0.1, 0.15) is 0 Å². The average Bonchev–Trinajstić information content (AvgIpc) is 3.08. The first-order valence-electron chi connectivity index (χ1n) is 9.32. The van der Waals surface area contributed by atoms with Crippen molar-refractivity contribution in [2.24, 2.45) is 4.99 Å². The van der Waals surface area contributed by atoms with Gasteiger partial charge in [0, 0.05) is 37.2 Å². The van der Waals surface area contributed by atoms with E-state index in [1.165, 1.54) is 0 Å². The first kappa shape index (κ1) is 17.0. The number of fused-ring (bicyclic) bond motifs is 2. The molecule has 142 valence electrons. The van der Waals surface area contributed by atoms with E-state index in [1.54, 1.807) is 6.21 Å². The highest BCUT2D eigenvalue weighted by atomic mass is 16.4. The second kappa shape index (κ2) is 6.50. The van der Waals surface area contributed by atoms with E-state index >= 15 is 0 Å². The molecule has 0 spiro atoms. The zero-order chi connectivity index (χ0) is 19.3. The number of likely N-dealkylation sites (N-methyl/N-ethyl adjacent to an activating group) is 1. The molecule has 1 aromatic heterocycles. The van der Waals surface area contributed by atoms with Gasteiger partial charge in [-0.05, 0) is 36.4 Å². The Labute approximate surface area is 161 Å². The third-order valence-corrected chi connectivity index (χ3v) is 5.45. The molecule has 1 saturated heterocycles. The van der Waals surface area contributed by atoms with E-state index in [2.05, 4.69) is 26.8 Å². The summed E-state index contributed by atoms with van der Waals surface area (Å²) in [7, 11) is 2.10. The minimum atomic E-state index is -0.366. The molecule has 1 unspecified atom stereocenters. The van der Waals surface area contributed by atoms with E-state index in [-0.39, 0.29) is 12.2 Å². The molecule has 2 aromatic carbocycles. The lowest BCUT2D eigenvalue weighted by molar-refractivity contribution is -0.514. The van der Waals surface area contributed by atoms with Crippen molar-refractivity contribution in [1.29, 1.82) is 0 Å². The third kappa shape index (κ3) is 2.87. The smallest absolute Gasteiger partial charge is 0.300 e. The number of oxazole rings is 1. The predicted octanol–water partition coefficient (Wildman–Crippen LogP) is 2.78. The van der Waals surface area contributed by atoms with Crippen molar-refractivity contribution in [3.63, 3.8) is 0 Å². The highest BCUT2D eigenvalue weighted by molar-refractivity contribution is 5.84. The molecule has 5 rings (SSSR count). The van der Waals surface area contributed by atoms with Crippen LogP contribution < -0.4 is 5.73 Å². The SMILES string of the molecule is CN1CCN(C2C=Nc3ccc(-c4ccc5oc(N)nc5c4)cc3[N+]2=O)CC1. The number of nitrogens with two attached hydrogens (primary N) is 1. The van der Waals surface area contributed by atoms with Crippen LogP contribution in [-0.2, 0) is 0 Å². The van der Waals surface area contributed by atoms with Gasteiger partial charge in [0.15, 0.2) is 5.58 Å². The molecular weight excluding hydrogens is 356 g/mol. The van der Waals surface area contributed by atoms with Crippen LogP contribution in [0.2, 0.25) is 0 Å². The Morgan fingerprint density at radius 1 is 1.11 bits per heavy atom. The number of aliphatic imine (C=N–C) groups is 1. The van der Waals surface area contributed by atoms with Gasteiger partial charge in [-0.2, -0.15) is 4.98 Å². The number of rotatable bonds is 2. The number of nitrogen functional groups attached to an aromatic ring is 1. The average molecular weight is 377 g/mol. The lowest BCUT2D eigenvalue weighted by Crippen LogP contribution is -2.52. The Balaban J connectivity index is 1.48. The summed E-state index contributed by atoms with van der Waals surface area (Å²) in [4.78, 5) is 26.3. The van der Waals surface area contributed by atoms with E-state index < -0.39 is 0 Å². The molecule has 0 aliphatic carbocycles. The maximum absolute atomic E-state index is 13.1. The number of anilines is 1. The molecule has 2 aliphatic rings. The van der Waals surface area contributed by atoms with Gasteiger partial charge >= 0.3 is 0 Å². The minimum Gasteiger partial charge on any atom is -0.424 e. The van der Waals surface area contributed by atoms with Crippen molar-refractivity contribution >= 4 is 34.7 Å². The van der Waals surface area contributed by atoms with Crippen molar-refractivity contribution in [2.75, 3.05) is 39.0 Å². The topological polar surface area (TPSA) is 91.0 Å². The van der Waals surface area contributed by atoms with Crippen molar-refractivity contribution in [2.45, 2.75) is 6.17 Å². The Kier molecular flexibility index (Phi) is 3.96. The van der Waals surface area contributed by atoms with Crippen LogP contribution in [-0.4, -0.2) is 65.2 Å². The molecule has 0 amide bonds. The normalized spacial score (nSPS) is 20.6. The standard InChI is InChI=1S/C20H21N6O2/c1-24-6-8-25(9-7-24)19-12-22-15-4-2-14(11-17(15)26(19)27)13-3-5-18-16(10-13)23-20(21)28-18/h2-5,10-12,19H,6-9H2,1H3,(H2,21,23)/q+1. The van der Waals surface area contributed by atoms with Gasteiger partial charge in [-0.15, -0.1) is 0 Å². The molecule has 3 heterocycles. The summed E-state index contributed by atoms with van der Waals surface area (Å²) in [5.41, 5.74) is 10.1. The zero-order valence-electron chi connectivity index (χ0n) is 15.6. The van der Waals surface area contributed by atoms with Crippen LogP contribution >= 0.6 is 0 Å². The van der Waals surface area contributed by atoms with E-state index in [9.17, 15) is 4.91 Å². The number of aromatic nitrogens is 1. The van der Waals surface area contributed by atoms with Gasteiger partial charge in [-0.3, -0.25) is 0 Å². The molecule has 1 atom stereocenters. The number of piperazine rings is 1. The molecule has 2 N–H and O–H groups in total. The summed E-state index contributed by atoms with van der Waals surface area (Å²) in [6.07, 6.45) is 1.39. The van der Waals surface area contributed by atoms with Gasteiger partial charge in [-0.25, -0.2) is 9.89 Å². The molecule has 2 aliphatic heterocycles. The van der Waals surface area contributed by atoms with Crippen molar-refractivity contribution in [3.05, 3.63) is 41.3 Å². The van der Waals surface area contributed by atoms with Crippen LogP contribution in [0, 0.1) is 4.91 Å². The molecule has 0 radical (unpaired) electrons. The van der Waals surface area contributed by atoms with Gasteiger partial charge in [0.2, 0.25) is 0 Å². The number of hydrogen-bond acceptors (Lipinski definition) is 7. The molecule has 8 heteroatoms. The second-order valence-electron chi connectivity index (χ2n) is 7.29. The first-order chi connectivity index (χ1) is 13.6. The summed E-state index contributed by atoms with van der Waals surface area (Å²) in [6, 6.07) is 11.6. The summed E-state index contributed by atoms with van der Waals surface area (Å²) in [5.74, 6) is 0. The molecule has 8 nitrogen and oxygen atoms in total. The Hall–Kier alpha value is -3.10. The van der Waals surface area contributed by atoms with Gasteiger partial charge in [0.25, 0.3) is 17.9 Å². The monoisotopic (exact) mass is 377 g/mol. The Morgan fingerprint density at radius 3 is 2.68 bits per heavy atom. The number of hydrogen-bond donors (Lipinski definition) is 1. The highest BCUT2D eigenvalue weighted by Gasteiger charge is 2.38. The Morgan fingerprint density at radius 2 is 1.86 bits per heavy atom. The third-order valence-electron chi connectivity index (χ3n) is 5.45. The van der Waals surface area contributed by atoms with E-state index in [0.29, 0.717) is 22.5 Å². The van der Waals surface area contributed by atoms with Gasteiger partial charge in [0.05, 0.1) is 11.0 Å². The van der Waals surface area contributed by atoms with Crippen LogP contribution in [0.4, 0.5) is 17.4 Å². The summed E-state index contributed by atoms with van der Waals surface area (Å²) < 4.78 is 6.41. The molecular formula is C20H21N6O2+. The maximum atomic E-state index is 13.1. The van der Waals surface area contributed by atoms with Crippen molar-refractivity contribution in [3.8, 4) is 11.1 Å². The van der Waals surface area contributed by atoms with Crippen molar-refractivity contribution < 1.29 is 9.18 Å². The molecule has 0 saturated carbocycles. The molecule has 28 heavy (non-hydrogen) atoms. The number of nitroso groups, excluding NO2 is 1. The Bertz CT molecular complexity index is 1100. The highest BCUT2D eigenvalue weighted by Crippen LogP contribution is 2.36. The fourth-order valence-electron chi connectivity index (χ4n) is 3.79. The second-order valence-corrected chi connectivity index (χ2v) is 7.29. The molecule has 1 fully saturated rings. The van der Waals surface area contributed by atoms with E-state index in [1.807, 2.05) is 36.4 Å². The van der Waals surface area contributed by atoms with E-state index in [4.69, 9.17) is 10.2 Å². The van der Waals surface area contributed by atoms with E-state index in [0.717, 1.165) is 42.1 Å². The zero-order valence-corrected chi connectivity index (χ0v) is 15.6. The summed E-state index contributed by atoms with van der Waals surface area (Å²) in [5, 5.41) is 0. The van der Waals surface area contributed by atoms with Crippen molar-refractivity contribution in [1.82, 2.24) is 14.8 Å². The molecule has 0 bridgehead atoms. The van der Waals surface area contributed by atoms with Crippen LogP contribution in [0.15, 0.2) is 45.8 Å². The van der Waals surface area contributed by atoms with Crippen LogP contribution in [0.25, 0.3) is 22.2 Å². The minimum absolute atomic E-state index is 0.146. The van der Waals surface area contributed by atoms with Gasteiger partial charge < -0.3 is 15.1 Å². The quantitative estimate of drug-likeness (QED) is 0.691. The lowest BCUT2D eigenvalue weighted by atomic mass is 10.0.